The Balaban J connectivity index is 1.96. The van der Waals surface area contributed by atoms with Gasteiger partial charge < -0.3 is 0 Å². The number of rotatable bonds is 3. The Bertz CT molecular complexity index is 583. The minimum Gasteiger partial charge on any atom is -0.267 e. The van der Waals surface area contributed by atoms with Gasteiger partial charge in [0.05, 0.1) is 6.21 Å². The Morgan fingerprint density at radius 2 is 1.47 bits per heavy atom. The van der Waals surface area contributed by atoms with Crippen LogP contribution >= 0.6 is 0 Å². The van der Waals surface area contributed by atoms with E-state index < -0.39 is 0 Å². The quantitative estimate of drug-likeness (QED) is 0.662. The number of hydrogen-bond donors (Lipinski definition) is 1. The van der Waals surface area contributed by atoms with Crippen LogP contribution in [0.5, 0.6) is 0 Å². The van der Waals surface area contributed by atoms with E-state index in [4.69, 9.17) is 0 Å². The Labute approximate surface area is 113 Å². The van der Waals surface area contributed by atoms with E-state index in [1.54, 1.807) is 18.3 Å². The highest BCUT2D eigenvalue weighted by Crippen LogP contribution is 2.03. The lowest BCUT2D eigenvalue weighted by molar-refractivity contribution is 0.0955. The van der Waals surface area contributed by atoms with E-state index in [1.165, 1.54) is 5.56 Å². The van der Waals surface area contributed by atoms with Crippen LogP contribution < -0.4 is 5.43 Å². The second-order valence-corrected chi connectivity index (χ2v) is 4.48. The zero-order chi connectivity index (χ0) is 13.7. The van der Waals surface area contributed by atoms with Crippen LogP contribution in [0.25, 0.3) is 0 Å². The van der Waals surface area contributed by atoms with Gasteiger partial charge in [0.15, 0.2) is 0 Å². The average Bonchev–Trinajstić information content (AvgIpc) is 2.41. The molecular formula is C16H16N2O. The summed E-state index contributed by atoms with van der Waals surface area (Å²) in [5, 5.41) is 3.95. The number of nitrogens with one attached hydrogen (secondary N) is 1. The molecule has 3 heteroatoms. The number of hydrogen-bond acceptors (Lipinski definition) is 2. The topological polar surface area (TPSA) is 41.5 Å². The van der Waals surface area contributed by atoms with Crippen LogP contribution in [0.3, 0.4) is 0 Å². The number of carbonyl (C=O) groups is 1. The predicted octanol–water partition coefficient (Wildman–Crippen LogP) is 3.07. The van der Waals surface area contributed by atoms with Gasteiger partial charge in [0.25, 0.3) is 5.91 Å². The van der Waals surface area contributed by atoms with Gasteiger partial charge >= 0.3 is 0 Å². The first-order valence-electron chi connectivity index (χ1n) is 6.12. The first-order valence-corrected chi connectivity index (χ1v) is 6.12. The van der Waals surface area contributed by atoms with Crippen LogP contribution in [0, 0.1) is 13.8 Å². The van der Waals surface area contributed by atoms with Gasteiger partial charge in [-0.1, -0.05) is 47.5 Å². The lowest BCUT2D eigenvalue weighted by atomic mass is 10.1. The molecule has 0 aromatic heterocycles. The van der Waals surface area contributed by atoms with Crippen LogP contribution in [0.15, 0.2) is 53.6 Å². The molecule has 0 bridgehead atoms. The Morgan fingerprint density at radius 3 is 2.05 bits per heavy atom. The van der Waals surface area contributed by atoms with Crippen molar-refractivity contribution in [2.75, 3.05) is 0 Å². The number of hydrazone groups is 1. The second-order valence-electron chi connectivity index (χ2n) is 4.48. The molecule has 0 spiro atoms. The van der Waals surface area contributed by atoms with Crippen molar-refractivity contribution in [2.45, 2.75) is 13.8 Å². The molecule has 0 heterocycles. The summed E-state index contributed by atoms with van der Waals surface area (Å²) in [6, 6.07) is 15.3. The first kappa shape index (κ1) is 13.0. The number of aryl methyl sites for hydroxylation is 2. The minimum atomic E-state index is -0.205. The molecule has 2 aromatic rings. The van der Waals surface area contributed by atoms with Crippen LogP contribution in [0.4, 0.5) is 0 Å². The second kappa shape index (κ2) is 5.96. The Hall–Kier alpha value is -2.42. The summed E-state index contributed by atoms with van der Waals surface area (Å²) in [6.07, 6.45) is 1.63. The molecule has 0 aliphatic carbocycles. The fraction of sp³-hybridized carbons (Fsp3) is 0.125. The van der Waals surface area contributed by atoms with Gasteiger partial charge in [-0.15, -0.1) is 0 Å². The van der Waals surface area contributed by atoms with Gasteiger partial charge in [-0.05, 0) is 31.5 Å². The van der Waals surface area contributed by atoms with Crippen molar-refractivity contribution in [3.8, 4) is 0 Å². The van der Waals surface area contributed by atoms with E-state index in [0.717, 1.165) is 11.1 Å². The molecule has 19 heavy (non-hydrogen) atoms. The number of carbonyl (C=O) groups excluding carboxylic acids is 1. The van der Waals surface area contributed by atoms with Crippen molar-refractivity contribution in [3.05, 3.63) is 70.8 Å². The SMILES string of the molecule is Cc1ccc(/C=N\NC(=O)c2ccc(C)cc2)cc1. The molecule has 2 aromatic carbocycles. The van der Waals surface area contributed by atoms with Crippen LogP contribution in [-0.4, -0.2) is 12.1 Å². The van der Waals surface area contributed by atoms with Crippen molar-refractivity contribution in [2.24, 2.45) is 5.10 Å². The molecule has 2 rings (SSSR count). The largest absolute Gasteiger partial charge is 0.271 e. The van der Waals surface area contributed by atoms with Gasteiger partial charge in [0, 0.05) is 5.56 Å². The van der Waals surface area contributed by atoms with Gasteiger partial charge in [0.1, 0.15) is 0 Å². The average molecular weight is 252 g/mol. The van der Waals surface area contributed by atoms with Gasteiger partial charge in [0.2, 0.25) is 0 Å². The third-order valence-electron chi connectivity index (χ3n) is 2.77. The first-order chi connectivity index (χ1) is 9.15. The third-order valence-corrected chi connectivity index (χ3v) is 2.77. The Morgan fingerprint density at radius 1 is 0.947 bits per heavy atom. The molecule has 0 saturated carbocycles. The minimum absolute atomic E-state index is 0.205. The summed E-state index contributed by atoms with van der Waals surface area (Å²) in [7, 11) is 0. The molecular weight excluding hydrogens is 236 g/mol. The summed E-state index contributed by atoms with van der Waals surface area (Å²) in [5.41, 5.74) is 6.39. The summed E-state index contributed by atoms with van der Waals surface area (Å²) in [6.45, 7) is 4.01. The molecule has 0 aliphatic heterocycles. The molecule has 0 fully saturated rings. The monoisotopic (exact) mass is 252 g/mol. The molecule has 3 nitrogen and oxygen atoms in total. The maximum atomic E-state index is 11.8. The van der Waals surface area contributed by atoms with Crippen LogP contribution in [0.2, 0.25) is 0 Å². The zero-order valence-electron chi connectivity index (χ0n) is 11.1. The van der Waals surface area contributed by atoms with E-state index in [-0.39, 0.29) is 5.91 Å². The number of benzene rings is 2. The fourth-order valence-corrected chi connectivity index (χ4v) is 1.59. The molecule has 1 amide bonds. The lowest BCUT2D eigenvalue weighted by Gasteiger charge is -2.00. The molecule has 0 aliphatic rings. The van der Waals surface area contributed by atoms with E-state index in [2.05, 4.69) is 10.5 Å². The highest BCUT2D eigenvalue weighted by molar-refractivity contribution is 5.94. The molecule has 0 radical (unpaired) electrons. The Kier molecular flexibility index (Phi) is 4.08. The van der Waals surface area contributed by atoms with E-state index in [0.29, 0.717) is 5.56 Å². The molecule has 0 unspecified atom stereocenters. The fourth-order valence-electron chi connectivity index (χ4n) is 1.59. The van der Waals surface area contributed by atoms with E-state index in [1.807, 2.05) is 50.2 Å². The maximum absolute atomic E-state index is 11.8. The lowest BCUT2D eigenvalue weighted by Crippen LogP contribution is -2.17. The van der Waals surface area contributed by atoms with Crippen molar-refractivity contribution in [1.82, 2.24) is 5.43 Å². The summed E-state index contributed by atoms with van der Waals surface area (Å²) >= 11 is 0. The summed E-state index contributed by atoms with van der Waals surface area (Å²) in [5.74, 6) is -0.205. The summed E-state index contributed by atoms with van der Waals surface area (Å²) in [4.78, 5) is 11.8. The van der Waals surface area contributed by atoms with Gasteiger partial charge in [-0.3, -0.25) is 4.79 Å². The van der Waals surface area contributed by atoms with Crippen molar-refractivity contribution >= 4 is 12.1 Å². The smallest absolute Gasteiger partial charge is 0.267 e. The van der Waals surface area contributed by atoms with Crippen molar-refractivity contribution < 1.29 is 4.79 Å². The number of amides is 1. The van der Waals surface area contributed by atoms with Gasteiger partial charge in [-0.2, -0.15) is 5.10 Å². The van der Waals surface area contributed by atoms with Crippen LogP contribution in [-0.2, 0) is 0 Å². The van der Waals surface area contributed by atoms with E-state index in [9.17, 15) is 4.79 Å². The van der Waals surface area contributed by atoms with Crippen molar-refractivity contribution in [3.63, 3.8) is 0 Å². The zero-order valence-corrected chi connectivity index (χ0v) is 11.1. The van der Waals surface area contributed by atoms with Crippen molar-refractivity contribution in [1.29, 1.82) is 0 Å². The predicted molar refractivity (Wildman–Crippen MR) is 77.4 cm³/mol. The number of nitrogens with zero attached hydrogens (tertiary/aromatic N) is 1. The van der Waals surface area contributed by atoms with Gasteiger partial charge in [-0.25, -0.2) is 5.43 Å². The highest BCUT2D eigenvalue weighted by atomic mass is 16.2. The molecule has 0 atom stereocenters. The molecule has 0 saturated heterocycles. The standard InChI is InChI=1S/C16H16N2O/c1-12-3-7-14(8-4-12)11-17-18-16(19)15-9-5-13(2)6-10-15/h3-11H,1-2H3,(H,18,19)/b17-11-. The molecule has 1 N–H and O–H groups in total. The van der Waals surface area contributed by atoms with E-state index >= 15 is 0 Å². The highest BCUT2D eigenvalue weighted by Gasteiger charge is 2.02. The molecule has 96 valence electrons. The normalized spacial score (nSPS) is 10.6. The maximum Gasteiger partial charge on any atom is 0.271 e. The van der Waals surface area contributed by atoms with Crippen LogP contribution in [0.1, 0.15) is 27.0 Å². The summed E-state index contributed by atoms with van der Waals surface area (Å²) < 4.78 is 0. The third kappa shape index (κ3) is 3.78.